The highest BCUT2D eigenvalue weighted by Crippen LogP contribution is 2.23. The SMILES string of the molecule is CC(O)Oc1ccc(I)nc1Cl. The second kappa shape index (κ2) is 4.25. The molecule has 0 spiro atoms. The molecule has 1 atom stereocenters. The minimum Gasteiger partial charge on any atom is -0.462 e. The molecule has 0 aliphatic rings. The van der Waals surface area contributed by atoms with Gasteiger partial charge in [-0.3, -0.25) is 0 Å². The smallest absolute Gasteiger partial charge is 0.194 e. The summed E-state index contributed by atoms with van der Waals surface area (Å²) >= 11 is 7.76. The lowest BCUT2D eigenvalue weighted by Crippen LogP contribution is -2.10. The Labute approximate surface area is 88.9 Å². The highest BCUT2D eigenvalue weighted by molar-refractivity contribution is 14.1. The predicted molar refractivity (Wildman–Crippen MR) is 54.3 cm³/mol. The van der Waals surface area contributed by atoms with Crippen LogP contribution in [0.3, 0.4) is 0 Å². The van der Waals surface area contributed by atoms with Gasteiger partial charge in [0.2, 0.25) is 0 Å². The maximum Gasteiger partial charge on any atom is 0.194 e. The Kier molecular flexibility index (Phi) is 3.54. The average Bonchev–Trinajstić information content (AvgIpc) is 1.94. The summed E-state index contributed by atoms with van der Waals surface area (Å²) in [4.78, 5) is 3.94. The average molecular weight is 299 g/mol. The van der Waals surface area contributed by atoms with Crippen LogP contribution < -0.4 is 4.74 Å². The molecule has 1 aromatic heterocycles. The molecule has 0 aliphatic carbocycles. The van der Waals surface area contributed by atoms with Gasteiger partial charge in [0, 0.05) is 0 Å². The fraction of sp³-hybridized carbons (Fsp3) is 0.286. The van der Waals surface area contributed by atoms with Gasteiger partial charge < -0.3 is 9.84 Å². The van der Waals surface area contributed by atoms with Gasteiger partial charge in [-0.2, -0.15) is 0 Å². The Hall–Kier alpha value is -0.0700. The molecule has 0 bridgehead atoms. The lowest BCUT2D eigenvalue weighted by atomic mass is 10.5. The molecule has 0 radical (unpaired) electrons. The molecular weight excluding hydrogens is 292 g/mol. The molecule has 12 heavy (non-hydrogen) atoms. The van der Waals surface area contributed by atoms with Crippen molar-refractivity contribution in [3.8, 4) is 5.75 Å². The van der Waals surface area contributed by atoms with Crippen LogP contribution in [0.4, 0.5) is 0 Å². The third-order valence-corrected chi connectivity index (χ3v) is 1.95. The molecule has 0 aromatic carbocycles. The van der Waals surface area contributed by atoms with E-state index in [0.29, 0.717) is 5.75 Å². The number of nitrogens with zero attached hydrogens (tertiary/aromatic N) is 1. The van der Waals surface area contributed by atoms with E-state index in [2.05, 4.69) is 4.98 Å². The van der Waals surface area contributed by atoms with Gasteiger partial charge in [-0.05, 0) is 41.6 Å². The van der Waals surface area contributed by atoms with Crippen molar-refractivity contribution >= 4 is 34.2 Å². The molecule has 3 nitrogen and oxygen atoms in total. The van der Waals surface area contributed by atoms with Crippen molar-refractivity contribution in [2.45, 2.75) is 13.2 Å². The second-order valence-electron chi connectivity index (χ2n) is 2.14. The summed E-state index contributed by atoms with van der Waals surface area (Å²) < 4.78 is 5.75. The van der Waals surface area contributed by atoms with E-state index in [1.165, 1.54) is 6.92 Å². The molecule has 0 fully saturated rings. The molecule has 1 rings (SSSR count). The third kappa shape index (κ3) is 2.76. The Balaban J connectivity index is 2.86. The van der Waals surface area contributed by atoms with Crippen LogP contribution in [-0.2, 0) is 0 Å². The number of hydrogen-bond donors (Lipinski definition) is 1. The zero-order valence-corrected chi connectivity index (χ0v) is 9.20. The first-order valence-corrected chi connectivity index (χ1v) is 4.72. The van der Waals surface area contributed by atoms with E-state index in [1.807, 2.05) is 22.6 Å². The van der Waals surface area contributed by atoms with Crippen molar-refractivity contribution in [1.82, 2.24) is 4.98 Å². The lowest BCUT2D eigenvalue weighted by Gasteiger charge is -2.08. The number of hydrogen-bond acceptors (Lipinski definition) is 3. The largest absolute Gasteiger partial charge is 0.462 e. The van der Waals surface area contributed by atoms with Gasteiger partial charge in [-0.25, -0.2) is 4.98 Å². The normalized spacial score (nSPS) is 12.7. The molecular formula is C7H7ClINO2. The minimum atomic E-state index is -0.871. The van der Waals surface area contributed by atoms with Gasteiger partial charge in [0.1, 0.15) is 3.70 Å². The monoisotopic (exact) mass is 299 g/mol. The summed E-state index contributed by atoms with van der Waals surface area (Å²) in [6.07, 6.45) is -0.871. The number of aliphatic hydroxyl groups is 1. The van der Waals surface area contributed by atoms with Crippen LogP contribution in [0.2, 0.25) is 5.15 Å². The molecule has 0 saturated carbocycles. The van der Waals surface area contributed by atoms with Crippen molar-refractivity contribution in [2.24, 2.45) is 0 Å². The van der Waals surface area contributed by atoms with Crippen LogP contribution in [-0.4, -0.2) is 16.4 Å². The second-order valence-corrected chi connectivity index (χ2v) is 3.60. The van der Waals surface area contributed by atoms with Crippen molar-refractivity contribution in [2.75, 3.05) is 0 Å². The number of pyridine rings is 1. The van der Waals surface area contributed by atoms with Crippen LogP contribution in [0.15, 0.2) is 12.1 Å². The zero-order chi connectivity index (χ0) is 9.14. The van der Waals surface area contributed by atoms with Crippen LogP contribution >= 0.6 is 34.2 Å². The first kappa shape index (κ1) is 10.0. The molecule has 0 aliphatic heterocycles. The maximum atomic E-state index is 8.89. The molecule has 0 saturated heterocycles. The molecule has 0 amide bonds. The Morgan fingerprint density at radius 2 is 2.33 bits per heavy atom. The molecule has 1 aromatic rings. The van der Waals surface area contributed by atoms with E-state index >= 15 is 0 Å². The number of rotatable bonds is 2. The van der Waals surface area contributed by atoms with Crippen LogP contribution in [0.5, 0.6) is 5.75 Å². The summed E-state index contributed by atoms with van der Waals surface area (Å²) in [5, 5.41) is 9.16. The summed E-state index contributed by atoms with van der Waals surface area (Å²) in [5.74, 6) is 0.395. The predicted octanol–water partition coefficient (Wildman–Crippen LogP) is 2.06. The van der Waals surface area contributed by atoms with Gasteiger partial charge in [-0.15, -0.1) is 0 Å². The first-order valence-electron chi connectivity index (χ1n) is 3.26. The molecule has 1 unspecified atom stereocenters. The van der Waals surface area contributed by atoms with Gasteiger partial charge in [-0.1, -0.05) is 11.6 Å². The van der Waals surface area contributed by atoms with E-state index in [4.69, 9.17) is 21.4 Å². The maximum absolute atomic E-state index is 8.89. The Morgan fingerprint density at radius 1 is 1.67 bits per heavy atom. The van der Waals surface area contributed by atoms with Crippen LogP contribution in [0, 0.1) is 3.70 Å². The molecule has 5 heteroatoms. The van der Waals surface area contributed by atoms with Crippen molar-refractivity contribution in [3.05, 3.63) is 21.0 Å². The number of aromatic nitrogens is 1. The van der Waals surface area contributed by atoms with Crippen LogP contribution in [0.1, 0.15) is 6.92 Å². The van der Waals surface area contributed by atoms with Gasteiger partial charge in [0.25, 0.3) is 0 Å². The number of halogens is 2. The third-order valence-electron chi connectivity index (χ3n) is 1.08. The molecule has 1 N–H and O–H groups in total. The summed E-state index contributed by atoms with van der Waals surface area (Å²) in [5.41, 5.74) is 0. The topological polar surface area (TPSA) is 42.4 Å². The standard InChI is InChI=1S/C7H7ClINO2/c1-4(11)12-5-2-3-6(9)10-7(5)8/h2-4,11H,1H3. The Bertz CT molecular complexity index is 280. The lowest BCUT2D eigenvalue weighted by molar-refractivity contribution is -0.000503. The van der Waals surface area contributed by atoms with Crippen molar-refractivity contribution in [3.63, 3.8) is 0 Å². The fourth-order valence-electron chi connectivity index (χ4n) is 0.671. The minimum absolute atomic E-state index is 0.266. The van der Waals surface area contributed by atoms with E-state index in [0.717, 1.165) is 3.70 Å². The first-order chi connectivity index (χ1) is 5.59. The summed E-state index contributed by atoms with van der Waals surface area (Å²) in [6, 6.07) is 3.42. The highest BCUT2D eigenvalue weighted by Gasteiger charge is 2.05. The quantitative estimate of drug-likeness (QED) is 0.516. The summed E-state index contributed by atoms with van der Waals surface area (Å²) in [7, 11) is 0. The fourth-order valence-corrected chi connectivity index (χ4v) is 1.43. The van der Waals surface area contributed by atoms with Crippen molar-refractivity contribution < 1.29 is 9.84 Å². The van der Waals surface area contributed by atoms with Gasteiger partial charge >= 0.3 is 0 Å². The zero-order valence-electron chi connectivity index (χ0n) is 6.29. The Morgan fingerprint density at radius 3 is 2.83 bits per heavy atom. The van der Waals surface area contributed by atoms with Gasteiger partial charge in [0.05, 0.1) is 0 Å². The molecule has 66 valence electrons. The molecule has 1 heterocycles. The summed E-state index contributed by atoms with van der Waals surface area (Å²) in [6.45, 7) is 1.51. The number of ether oxygens (including phenoxy) is 1. The number of aliphatic hydroxyl groups excluding tert-OH is 1. The van der Waals surface area contributed by atoms with Crippen molar-refractivity contribution in [1.29, 1.82) is 0 Å². The van der Waals surface area contributed by atoms with E-state index < -0.39 is 6.29 Å². The van der Waals surface area contributed by atoms with E-state index in [-0.39, 0.29) is 5.15 Å². The highest BCUT2D eigenvalue weighted by atomic mass is 127. The van der Waals surface area contributed by atoms with E-state index in [1.54, 1.807) is 12.1 Å². The van der Waals surface area contributed by atoms with Gasteiger partial charge in [0.15, 0.2) is 17.2 Å². The van der Waals surface area contributed by atoms with Crippen LogP contribution in [0.25, 0.3) is 0 Å². The van der Waals surface area contributed by atoms with E-state index in [9.17, 15) is 0 Å².